The molecule has 0 fully saturated rings. The van der Waals surface area contributed by atoms with Crippen molar-refractivity contribution in [3.05, 3.63) is 65.0 Å². The number of hydrogen-bond acceptors (Lipinski definition) is 4. The molecule has 0 aliphatic carbocycles. The molecular formula is C20H17FN4OS. The van der Waals surface area contributed by atoms with Crippen molar-refractivity contribution >= 4 is 34.0 Å². The third-order valence-electron chi connectivity index (χ3n) is 4.28. The molecule has 0 saturated heterocycles. The van der Waals surface area contributed by atoms with E-state index in [1.807, 2.05) is 37.4 Å². The van der Waals surface area contributed by atoms with E-state index in [-0.39, 0.29) is 18.1 Å². The summed E-state index contributed by atoms with van der Waals surface area (Å²) >= 11 is 1.64. The van der Waals surface area contributed by atoms with Gasteiger partial charge in [0.15, 0.2) is 5.65 Å². The number of amides is 1. The first kappa shape index (κ1) is 17.4. The first-order chi connectivity index (χ1) is 13.0. The normalized spacial score (nSPS) is 11.1. The number of nitrogens with zero attached hydrogens (tertiary/aromatic N) is 3. The van der Waals surface area contributed by atoms with Crippen LogP contribution in [0.2, 0.25) is 0 Å². The lowest BCUT2D eigenvalue weighted by atomic mass is 10.1. The number of nitrogens with one attached hydrogen (secondary N) is 1. The van der Waals surface area contributed by atoms with Crippen LogP contribution in [0.5, 0.6) is 0 Å². The summed E-state index contributed by atoms with van der Waals surface area (Å²) in [5.74, 6) is -0.819. The van der Waals surface area contributed by atoms with Gasteiger partial charge < -0.3 is 5.32 Å². The lowest BCUT2D eigenvalue weighted by molar-refractivity contribution is -0.116. The van der Waals surface area contributed by atoms with E-state index in [1.54, 1.807) is 34.3 Å². The minimum absolute atomic E-state index is 0.0430. The largest absolute Gasteiger partial charge is 0.322 e. The summed E-state index contributed by atoms with van der Waals surface area (Å²) < 4.78 is 15.4. The van der Waals surface area contributed by atoms with E-state index < -0.39 is 5.82 Å². The number of carbonyl (C=O) groups is 1. The summed E-state index contributed by atoms with van der Waals surface area (Å²) in [6.07, 6.45) is 1.72. The number of aromatic nitrogens is 3. The van der Waals surface area contributed by atoms with Crippen LogP contribution in [0.15, 0.2) is 48.0 Å². The molecule has 1 N–H and O–H groups in total. The van der Waals surface area contributed by atoms with Gasteiger partial charge in [-0.15, -0.1) is 11.3 Å². The molecule has 0 saturated carbocycles. The molecule has 27 heavy (non-hydrogen) atoms. The van der Waals surface area contributed by atoms with Gasteiger partial charge >= 0.3 is 0 Å². The lowest BCUT2D eigenvalue weighted by Gasteiger charge is -2.08. The smallest absolute Gasteiger partial charge is 0.246 e. The molecular weight excluding hydrogens is 363 g/mol. The van der Waals surface area contributed by atoms with Gasteiger partial charge in [-0.05, 0) is 49.1 Å². The summed E-state index contributed by atoms with van der Waals surface area (Å²) in [5.41, 5.74) is 3.52. The Morgan fingerprint density at radius 1 is 1.26 bits per heavy atom. The van der Waals surface area contributed by atoms with Gasteiger partial charge in [0.05, 0.1) is 16.8 Å². The molecule has 0 spiro atoms. The standard InChI is InChI=1S/C20H17FN4OS/c1-12-5-6-15(21)16(10-12)23-18(26)11-25-20-19(13(2)24-25)14(7-8-22-20)17-4-3-9-27-17/h3-10H,11H2,1-2H3,(H,23,26). The van der Waals surface area contributed by atoms with E-state index in [1.165, 1.54) is 6.07 Å². The Bertz CT molecular complexity index is 1130. The van der Waals surface area contributed by atoms with Crippen molar-refractivity contribution in [3.8, 4) is 10.4 Å². The maximum absolute atomic E-state index is 13.9. The van der Waals surface area contributed by atoms with Crippen molar-refractivity contribution in [1.82, 2.24) is 14.8 Å². The van der Waals surface area contributed by atoms with E-state index >= 15 is 0 Å². The first-order valence-corrected chi connectivity index (χ1v) is 9.33. The Labute approximate surface area is 159 Å². The van der Waals surface area contributed by atoms with Crippen molar-refractivity contribution < 1.29 is 9.18 Å². The average molecular weight is 380 g/mol. The molecule has 4 aromatic rings. The quantitative estimate of drug-likeness (QED) is 0.565. The number of anilines is 1. The topological polar surface area (TPSA) is 59.8 Å². The van der Waals surface area contributed by atoms with Gasteiger partial charge in [0.25, 0.3) is 0 Å². The van der Waals surface area contributed by atoms with Crippen LogP contribution in [0.1, 0.15) is 11.3 Å². The summed E-state index contributed by atoms with van der Waals surface area (Å²) in [4.78, 5) is 18.0. The summed E-state index contributed by atoms with van der Waals surface area (Å²) in [7, 11) is 0. The highest BCUT2D eigenvalue weighted by molar-refractivity contribution is 7.13. The van der Waals surface area contributed by atoms with E-state index in [2.05, 4.69) is 15.4 Å². The van der Waals surface area contributed by atoms with Crippen LogP contribution >= 0.6 is 11.3 Å². The number of aryl methyl sites for hydroxylation is 2. The lowest BCUT2D eigenvalue weighted by Crippen LogP contribution is -2.20. The maximum atomic E-state index is 13.9. The fourth-order valence-electron chi connectivity index (χ4n) is 3.09. The van der Waals surface area contributed by atoms with E-state index in [0.29, 0.717) is 5.65 Å². The molecule has 0 aliphatic rings. The highest BCUT2D eigenvalue weighted by Gasteiger charge is 2.17. The van der Waals surface area contributed by atoms with Crippen molar-refractivity contribution in [2.45, 2.75) is 20.4 Å². The van der Waals surface area contributed by atoms with Crippen molar-refractivity contribution in [2.75, 3.05) is 5.32 Å². The predicted octanol–water partition coefficient (Wildman–Crippen LogP) is 4.55. The number of pyridine rings is 1. The number of halogens is 1. The van der Waals surface area contributed by atoms with Crippen LogP contribution < -0.4 is 5.32 Å². The number of benzene rings is 1. The second kappa shape index (κ2) is 6.92. The number of hydrogen-bond donors (Lipinski definition) is 1. The minimum Gasteiger partial charge on any atom is -0.322 e. The SMILES string of the molecule is Cc1ccc(F)c(NC(=O)Cn2nc(C)c3c(-c4cccs4)ccnc32)c1. The molecule has 0 unspecified atom stereocenters. The summed E-state index contributed by atoms with van der Waals surface area (Å²) in [6.45, 7) is 3.70. The van der Waals surface area contributed by atoms with Crippen LogP contribution in [-0.4, -0.2) is 20.7 Å². The summed E-state index contributed by atoms with van der Waals surface area (Å²) in [6, 6.07) is 10.6. The first-order valence-electron chi connectivity index (χ1n) is 8.45. The van der Waals surface area contributed by atoms with Gasteiger partial charge in [-0.1, -0.05) is 12.1 Å². The van der Waals surface area contributed by atoms with Gasteiger partial charge in [0, 0.05) is 16.6 Å². The second-order valence-corrected chi connectivity index (χ2v) is 7.26. The Kier molecular flexibility index (Phi) is 4.45. The Hall–Kier alpha value is -3.06. The second-order valence-electron chi connectivity index (χ2n) is 6.31. The van der Waals surface area contributed by atoms with Crippen LogP contribution in [-0.2, 0) is 11.3 Å². The zero-order valence-corrected chi connectivity index (χ0v) is 15.7. The molecule has 0 radical (unpaired) electrons. The van der Waals surface area contributed by atoms with Gasteiger partial charge in [-0.2, -0.15) is 5.10 Å². The van der Waals surface area contributed by atoms with Crippen LogP contribution in [0.3, 0.4) is 0 Å². The third kappa shape index (κ3) is 3.33. The molecule has 1 aromatic carbocycles. The Balaban J connectivity index is 1.66. The molecule has 3 aromatic heterocycles. The van der Waals surface area contributed by atoms with E-state index in [0.717, 1.165) is 27.1 Å². The van der Waals surface area contributed by atoms with Gasteiger partial charge in [-0.3, -0.25) is 4.79 Å². The molecule has 0 bridgehead atoms. The number of fused-ring (bicyclic) bond motifs is 1. The molecule has 3 heterocycles. The highest BCUT2D eigenvalue weighted by atomic mass is 32.1. The van der Waals surface area contributed by atoms with Crippen molar-refractivity contribution in [3.63, 3.8) is 0 Å². The fraction of sp³-hybridized carbons (Fsp3) is 0.150. The highest BCUT2D eigenvalue weighted by Crippen LogP contribution is 2.32. The number of thiophene rings is 1. The van der Waals surface area contributed by atoms with Crippen LogP contribution in [0, 0.1) is 19.7 Å². The van der Waals surface area contributed by atoms with E-state index in [9.17, 15) is 9.18 Å². The maximum Gasteiger partial charge on any atom is 0.246 e. The fourth-order valence-corrected chi connectivity index (χ4v) is 3.85. The summed E-state index contributed by atoms with van der Waals surface area (Å²) in [5, 5.41) is 10.0. The van der Waals surface area contributed by atoms with E-state index in [4.69, 9.17) is 0 Å². The molecule has 0 aliphatic heterocycles. The minimum atomic E-state index is -0.464. The molecule has 0 atom stereocenters. The molecule has 5 nitrogen and oxygen atoms in total. The Morgan fingerprint density at radius 2 is 2.11 bits per heavy atom. The monoisotopic (exact) mass is 380 g/mol. The third-order valence-corrected chi connectivity index (χ3v) is 5.19. The predicted molar refractivity (Wildman–Crippen MR) is 105 cm³/mol. The molecule has 7 heteroatoms. The zero-order valence-electron chi connectivity index (χ0n) is 14.9. The van der Waals surface area contributed by atoms with Gasteiger partial charge in [-0.25, -0.2) is 14.1 Å². The average Bonchev–Trinajstić information content (AvgIpc) is 3.27. The van der Waals surface area contributed by atoms with Crippen LogP contribution in [0.4, 0.5) is 10.1 Å². The molecule has 136 valence electrons. The van der Waals surface area contributed by atoms with Crippen LogP contribution in [0.25, 0.3) is 21.5 Å². The van der Waals surface area contributed by atoms with Crippen molar-refractivity contribution in [2.24, 2.45) is 0 Å². The Morgan fingerprint density at radius 3 is 2.89 bits per heavy atom. The van der Waals surface area contributed by atoms with Gasteiger partial charge in [0.1, 0.15) is 12.4 Å². The molecule has 1 amide bonds. The van der Waals surface area contributed by atoms with Gasteiger partial charge in [0.2, 0.25) is 5.91 Å². The zero-order chi connectivity index (χ0) is 19.0. The van der Waals surface area contributed by atoms with Crippen molar-refractivity contribution in [1.29, 1.82) is 0 Å². The number of rotatable bonds is 4. The molecule has 4 rings (SSSR count). The number of carbonyl (C=O) groups excluding carboxylic acids is 1.